The van der Waals surface area contributed by atoms with Crippen LogP contribution in [0.15, 0.2) is 35.1 Å². The van der Waals surface area contributed by atoms with Crippen molar-refractivity contribution >= 4 is 23.5 Å². The Kier molecular flexibility index (Phi) is 5.78. The molecule has 136 valence electrons. The number of esters is 1. The topological polar surface area (TPSA) is 98.5 Å². The second kappa shape index (κ2) is 8.42. The fourth-order valence-electron chi connectivity index (χ4n) is 2.94. The molecular weight excluding hydrogens is 336 g/mol. The number of carbonyl (C=O) groups is 3. The van der Waals surface area contributed by atoms with Crippen LogP contribution in [-0.4, -0.2) is 29.4 Å². The fraction of sp³-hybridized carbons (Fsp3) is 0.368. The summed E-state index contributed by atoms with van der Waals surface area (Å²) in [6.07, 6.45) is 5.71. The third-order valence-corrected chi connectivity index (χ3v) is 4.30. The first-order valence-corrected chi connectivity index (χ1v) is 8.62. The van der Waals surface area contributed by atoms with Gasteiger partial charge < -0.3 is 14.6 Å². The molecule has 1 aromatic carbocycles. The molecule has 1 N–H and O–H groups in total. The summed E-state index contributed by atoms with van der Waals surface area (Å²) in [6, 6.07) is 7.24. The monoisotopic (exact) mass is 356 g/mol. The Labute approximate surface area is 150 Å². The zero-order valence-corrected chi connectivity index (χ0v) is 14.3. The van der Waals surface area contributed by atoms with Crippen LogP contribution in [0.2, 0.25) is 0 Å². The molecule has 7 nitrogen and oxygen atoms in total. The van der Waals surface area contributed by atoms with E-state index in [1.54, 1.807) is 0 Å². The molecule has 0 saturated heterocycles. The number of fused-ring (bicyclic) bond motifs is 1. The van der Waals surface area contributed by atoms with Crippen molar-refractivity contribution in [3.8, 4) is 0 Å². The van der Waals surface area contributed by atoms with Gasteiger partial charge in [-0.15, -0.1) is 0 Å². The maximum Gasteiger partial charge on any atom is 0.306 e. The normalized spacial score (nSPS) is 12.9. The minimum atomic E-state index is -0.591. The van der Waals surface area contributed by atoms with Crippen molar-refractivity contribution in [1.29, 1.82) is 0 Å². The highest BCUT2D eigenvalue weighted by Crippen LogP contribution is 2.23. The lowest BCUT2D eigenvalue weighted by molar-refractivity contribution is -0.147. The molecule has 0 saturated carbocycles. The number of aryl methyl sites for hydroxylation is 2. The Morgan fingerprint density at radius 3 is 2.65 bits per heavy atom. The number of ketones is 1. The molecule has 1 amide bonds. The van der Waals surface area contributed by atoms with Gasteiger partial charge in [0.2, 0.25) is 0 Å². The number of nitrogens with one attached hydrogen (secondary N) is 1. The number of rotatable bonds is 7. The first kappa shape index (κ1) is 17.8. The highest BCUT2D eigenvalue weighted by Gasteiger charge is 2.15. The van der Waals surface area contributed by atoms with Crippen LogP contribution in [0, 0.1) is 0 Å². The van der Waals surface area contributed by atoms with Gasteiger partial charge in [0.15, 0.2) is 18.2 Å². The minimum Gasteiger partial charge on any atom is -0.456 e. The second-order valence-electron chi connectivity index (χ2n) is 6.21. The summed E-state index contributed by atoms with van der Waals surface area (Å²) in [5, 5.41) is 5.92. The summed E-state index contributed by atoms with van der Waals surface area (Å²) in [5.41, 5.74) is 3.17. The Hall–Kier alpha value is -2.96. The van der Waals surface area contributed by atoms with Crippen LogP contribution in [-0.2, 0) is 27.2 Å². The van der Waals surface area contributed by atoms with Gasteiger partial charge in [0.1, 0.15) is 6.26 Å². The Morgan fingerprint density at radius 2 is 1.88 bits per heavy atom. The van der Waals surface area contributed by atoms with E-state index in [0.29, 0.717) is 5.56 Å². The number of carbonyl (C=O) groups excluding carboxylic acids is 3. The van der Waals surface area contributed by atoms with Crippen LogP contribution in [0.25, 0.3) is 0 Å². The van der Waals surface area contributed by atoms with E-state index >= 15 is 0 Å². The number of hydrogen-bond acceptors (Lipinski definition) is 6. The van der Waals surface area contributed by atoms with Crippen LogP contribution >= 0.6 is 0 Å². The number of amides is 1. The van der Waals surface area contributed by atoms with Gasteiger partial charge in [-0.05, 0) is 42.9 Å². The predicted molar refractivity (Wildman–Crippen MR) is 92.7 cm³/mol. The molecule has 3 rings (SSSR count). The van der Waals surface area contributed by atoms with Crippen molar-refractivity contribution in [2.45, 2.75) is 38.5 Å². The first-order chi connectivity index (χ1) is 12.6. The summed E-state index contributed by atoms with van der Waals surface area (Å²) in [7, 11) is 0. The van der Waals surface area contributed by atoms with E-state index in [9.17, 15) is 14.4 Å². The maximum absolute atomic E-state index is 12.3. The Bertz CT molecular complexity index is 798. The van der Waals surface area contributed by atoms with Crippen molar-refractivity contribution in [3.05, 3.63) is 47.2 Å². The second-order valence-corrected chi connectivity index (χ2v) is 6.21. The molecule has 0 unspecified atom stereocenters. The lowest BCUT2D eigenvalue weighted by Gasteiger charge is -2.16. The van der Waals surface area contributed by atoms with E-state index in [1.807, 2.05) is 18.2 Å². The third-order valence-electron chi connectivity index (χ3n) is 4.30. The van der Waals surface area contributed by atoms with Gasteiger partial charge in [0.25, 0.3) is 5.91 Å². The summed E-state index contributed by atoms with van der Waals surface area (Å²) in [5.74, 6) is -0.962. The van der Waals surface area contributed by atoms with Crippen molar-refractivity contribution in [3.63, 3.8) is 0 Å². The van der Waals surface area contributed by atoms with Crippen LogP contribution in [0.5, 0.6) is 0 Å². The molecule has 0 fully saturated rings. The van der Waals surface area contributed by atoms with E-state index in [0.717, 1.165) is 19.3 Å². The summed E-state index contributed by atoms with van der Waals surface area (Å²) < 4.78 is 9.44. The van der Waals surface area contributed by atoms with Gasteiger partial charge in [0.05, 0.1) is 6.42 Å². The zero-order chi connectivity index (χ0) is 18.4. The fourth-order valence-corrected chi connectivity index (χ4v) is 2.94. The standard InChI is InChI=1S/C19H20N2O5/c22-16(15-6-5-13-3-1-2-4-14(13)11-15)7-8-19(24)25-12-18(23)20-17-9-10-26-21-17/h5-6,9-11H,1-4,7-8,12H2,(H,20,21,23). The molecule has 7 heteroatoms. The molecule has 0 spiro atoms. The van der Waals surface area contributed by atoms with Gasteiger partial charge >= 0.3 is 5.97 Å². The number of anilines is 1. The van der Waals surface area contributed by atoms with Gasteiger partial charge in [-0.1, -0.05) is 17.3 Å². The highest BCUT2D eigenvalue weighted by molar-refractivity contribution is 5.98. The van der Waals surface area contributed by atoms with Crippen molar-refractivity contribution in [1.82, 2.24) is 5.16 Å². The van der Waals surface area contributed by atoms with Crippen molar-refractivity contribution < 1.29 is 23.6 Å². The number of nitrogens with zero attached hydrogens (tertiary/aromatic N) is 1. The highest BCUT2D eigenvalue weighted by atomic mass is 16.5. The molecule has 0 bridgehead atoms. The minimum absolute atomic E-state index is 0.0581. The van der Waals surface area contributed by atoms with Crippen LogP contribution in [0.4, 0.5) is 5.82 Å². The van der Waals surface area contributed by atoms with Crippen molar-refractivity contribution in [2.75, 3.05) is 11.9 Å². The summed E-state index contributed by atoms with van der Waals surface area (Å²) in [4.78, 5) is 35.6. The zero-order valence-electron chi connectivity index (χ0n) is 14.3. The van der Waals surface area contributed by atoms with E-state index < -0.39 is 18.5 Å². The molecule has 1 aliphatic rings. The average Bonchev–Trinajstić information content (AvgIpc) is 3.17. The van der Waals surface area contributed by atoms with E-state index in [4.69, 9.17) is 4.74 Å². The van der Waals surface area contributed by atoms with Gasteiger partial charge in [-0.3, -0.25) is 14.4 Å². The van der Waals surface area contributed by atoms with E-state index in [-0.39, 0.29) is 24.4 Å². The molecule has 1 aromatic heterocycles. The third kappa shape index (κ3) is 4.78. The molecule has 1 aliphatic carbocycles. The molecular formula is C19H20N2O5. The van der Waals surface area contributed by atoms with Crippen LogP contribution in [0.1, 0.15) is 47.2 Å². The maximum atomic E-state index is 12.3. The van der Waals surface area contributed by atoms with Crippen molar-refractivity contribution in [2.24, 2.45) is 0 Å². The Morgan fingerprint density at radius 1 is 1.08 bits per heavy atom. The number of aromatic nitrogens is 1. The number of ether oxygens (including phenoxy) is 1. The predicted octanol–water partition coefficient (Wildman–Crippen LogP) is 2.70. The number of benzene rings is 1. The van der Waals surface area contributed by atoms with Crippen LogP contribution < -0.4 is 5.32 Å². The average molecular weight is 356 g/mol. The first-order valence-electron chi connectivity index (χ1n) is 8.62. The van der Waals surface area contributed by atoms with Gasteiger partial charge in [-0.2, -0.15) is 0 Å². The van der Waals surface area contributed by atoms with Gasteiger partial charge in [-0.25, -0.2) is 0 Å². The smallest absolute Gasteiger partial charge is 0.306 e. The summed E-state index contributed by atoms with van der Waals surface area (Å²) in [6.45, 7) is -0.432. The quantitative estimate of drug-likeness (QED) is 0.605. The SMILES string of the molecule is O=C(COC(=O)CCC(=O)c1ccc2c(c1)CCCC2)Nc1ccon1. The largest absolute Gasteiger partial charge is 0.456 e. The molecule has 1 heterocycles. The van der Waals surface area contributed by atoms with Gasteiger partial charge in [0, 0.05) is 18.1 Å². The molecule has 26 heavy (non-hydrogen) atoms. The summed E-state index contributed by atoms with van der Waals surface area (Å²) >= 11 is 0. The lowest BCUT2D eigenvalue weighted by Crippen LogP contribution is -2.21. The van der Waals surface area contributed by atoms with Crippen LogP contribution in [0.3, 0.4) is 0 Å². The molecule has 0 radical (unpaired) electrons. The van der Waals surface area contributed by atoms with E-state index in [1.165, 1.54) is 29.9 Å². The molecule has 2 aromatic rings. The van der Waals surface area contributed by atoms with E-state index in [2.05, 4.69) is 15.0 Å². The molecule has 0 atom stereocenters. The molecule has 0 aliphatic heterocycles. The Balaban J connectivity index is 1.42. The number of Topliss-reactive ketones (excluding diaryl/α,β-unsaturated/α-hetero) is 1. The number of hydrogen-bond donors (Lipinski definition) is 1. The lowest BCUT2D eigenvalue weighted by atomic mass is 9.89.